The van der Waals surface area contributed by atoms with Crippen LogP contribution in [0.2, 0.25) is 0 Å². The molecule has 0 bridgehead atoms. The van der Waals surface area contributed by atoms with Crippen molar-refractivity contribution in [3.8, 4) is 22.3 Å². The van der Waals surface area contributed by atoms with Gasteiger partial charge in [-0.05, 0) is 140 Å². The number of aryl methyl sites for hydroxylation is 1. The lowest BCUT2D eigenvalue weighted by molar-refractivity contribution is 0.332. The van der Waals surface area contributed by atoms with Crippen LogP contribution in [0.5, 0.6) is 0 Å². The summed E-state index contributed by atoms with van der Waals surface area (Å²) >= 11 is 1.99. The van der Waals surface area contributed by atoms with E-state index in [9.17, 15) is 0 Å². The van der Waals surface area contributed by atoms with Crippen molar-refractivity contribution < 1.29 is 4.42 Å². The number of unbranched alkanes of at least 4 members (excludes halogenated alkanes) is 1. The van der Waals surface area contributed by atoms with E-state index in [1.165, 1.54) is 116 Å². The van der Waals surface area contributed by atoms with E-state index >= 15 is 0 Å². The summed E-state index contributed by atoms with van der Waals surface area (Å²) in [5.41, 5.74) is 23.2. The molecular formula is C69H57BN2OS. The standard InChI is InChI=1S/C69H57BN2OS/c1-6-7-22-43-35-36-56(49(39-43)44-23-11-8-12-24-44)71-58-41-50-47-29-17-20-34-59(47)73-65(50)61-48-30-21-32-53-64(48)72(57-33-19-18-31-52(57)69(53,45-25-13-9-14-26-45)46-27-15-10-16-28-46)70(63(58)61)62-51-40-54-55(42-60(51)74-66(62)71)68(4,5)38-37-67(54,2)3/h8-21,23-36,39-42H,6-7,22,37-38H2,1-5H3. The third-order valence-electron chi connectivity index (χ3n) is 17.8. The number of thiophene rings is 1. The molecule has 2 aromatic heterocycles. The Kier molecular flexibility index (Phi) is 9.47. The van der Waals surface area contributed by atoms with Gasteiger partial charge in [0.1, 0.15) is 11.2 Å². The number of anilines is 5. The van der Waals surface area contributed by atoms with Crippen LogP contribution < -0.4 is 20.6 Å². The Morgan fingerprint density at radius 1 is 0.541 bits per heavy atom. The summed E-state index contributed by atoms with van der Waals surface area (Å²) in [4.78, 5) is 5.48. The van der Waals surface area contributed by atoms with Crippen molar-refractivity contribution in [1.82, 2.24) is 0 Å². The highest BCUT2D eigenvalue weighted by atomic mass is 32.1. The van der Waals surface area contributed by atoms with Gasteiger partial charge in [0.05, 0.1) is 16.1 Å². The molecule has 5 heterocycles. The third-order valence-corrected chi connectivity index (χ3v) is 18.9. The predicted octanol–water partition coefficient (Wildman–Crippen LogP) is 17.6. The van der Waals surface area contributed by atoms with Gasteiger partial charge >= 0.3 is 6.85 Å². The fraction of sp³-hybridized carbons (Fsp3) is 0.188. The number of nitrogens with zero attached hydrogens (tertiary/aromatic N) is 2. The zero-order chi connectivity index (χ0) is 49.7. The smallest absolute Gasteiger partial charge is 0.334 e. The Hall–Kier alpha value is -7.60. The molecule has 0 atom stereocenters. The highest BCUT2D eigenvalue weighted by Crippen LogP contribution is 2.62. The average molecular weight is 973 g/mol. The van der Waals surface area contributed by atoms with Crippen LogP contribution in [0.25, 0.3) is 54.3 Å². The van der Waals surface area contributed by atoms with Crippen LogP contribution in [0, 0.1) is 0 Å². The summed E-state index contributed by atoms with van der Waals surface area (Å²) < 4.78 is 8.68. The Labute approximate surface area is 438 Å². The summed E-state index contributed by atoms with van der Waals surface area (Å²) in [6.45, 7) is 12.0. The van der Waals surface area contributed by atoms with Gasteiger partial charge in [-0.2, -0.15) is 0 Å². The lowest BCUT2D eigenvalue weighted by Gasteiger charge is -2.52. The number of benzene rings is 9. The van der Waals surface area contributed by atoms with E-state index in [0.29, 0.717) is 0 Å². The number of rotatable bonds is 7. The van der Waals surface area contributed by atoms with Crippen LogP contribution >= 0.6 is 11.3 Å². The summed E-state index contributed by atoms with van der Waals surface area (Å²) in [6.07, 6.45) is 5.68. The molecule has 74 heavy (non-hydrogen) atoms. The maximum absolute atomic E-state index is 7.33. The molecule has 3 aliphatic heterocycles. The first kappa shape index (κ1) is 43.9. The second kappa shape index (κ2) is 16.0. The maximum atomic E-state index is 7.33. The fourth-order valence-corrected chi connectivity index (χ4v) is 15.4. The molecule has 15 rings (SSSR count). The van der Waals surface area contributed by atoms with Gasteiger partial charge in [0.2, 0.25) is 0 Å². The van der Waals surface area contributed by atoms with Crippen LogP contribution in [0.3, 0.4) is 0 Å². The molecule has 0 N–H and O–H groups in total. The summed E-state index contributed by atoms with van der Waals surface area (Å²) in [7, 11) is 0. The number of hydrogen-bond donors (Lipinski definition) is 0. The lowest BCUT2D eigenvalue weighted by Crippen LogP contribution is -2.63. The van der Waals surface area contributed by atoms with E-state index in [1.54, 1.807) is 0 Å². The van der Waals surface area contributed by atoms with Crippen LogP contribution in [0.1, 0.15) is 99.2 Å². The van der Waals surface area contributed by atoms with Crippen molar-refractivity contribution in [3.63, 3.8) is 0 Å². The summed E-state index contributed by atoms with van der Waals surface area (Å²) in [5.74, 6) is 0. The van der Waals surface area contributed by atoms with Gasteiger partial charge in [0, 0.05) is 49.2 Å². The molecule has 9 aromatic carbocycles. The zero-order valence-electron chi connectivity index (χ0n) is 42.8. The predicted molar refractivity (Wildman–Crippen MR) is 314 cm³/mol. The van der Waals surface area contributed by atoms with Crippen LogP contribution in [0.15, 0.2) is 199 Å². The van der Waals surface area contributed by atoms with Crippen molar-refractivity contribution in [3.05, 3.63) is 233 Å². The van der Waals surface area contributed by atoms with Crippen molar-refractivity contribution in [2.24, 2.45) is 0 Å². The van der Waals surface area contributed by atoms with Crippen LogP contribution in [0.4, 0.5) is 27.8 Å². The largest absolute Gasteiger partial charge is 0.455 e. The average Bonchev–Trinajstić information content (AvgIpc) is 4.05. The molecule has 1 aliphatic carbocycles. The quantitative estimate of drug-likeness (QED) is 0.148. The minimum Gasteiger partial charge on any atom is -0.455 e. The van der Waals surface area contributed by atoms with Crippen LogP contribution in [-0.4, -0.2) is 6.85 Å². The van der Waals surface area contributed by atoms with Crippen molar-refractivity contribution in [2.75, 3.05) is 9.71 Å². The molecule has 4 aliphatic rings. The van der Waals surface area contributed by atoms with Crippen LogP contribution in [-0.2, 0) is 22.7 Å². The minimum atomic E-state index is -0.623. The molecule has 0 spiro atoms. The van der Waals surface area contributed by atoms with Crippen molar-refractivity contribution in [2.45, 2.75) is 83.0 Å². The molecular weight excluding hydrogens is 916 g/mol. The first-order chi connectivity index (χ1) is 36.2. The lowest BCUT2D eigenvalue weighted by atomic mass is 9.42. The molecule has 5 heteroatoms. The van der Waals surface area contributed by atoms with E-state index < -0.39 is 5.41 Å². The zero-order valence-corrected chi connectivity index (χ0v) is 43.6. The van der Waals surface area contributed by atoms with Gasteiger partial charge in [0.25, 0.3) is 0 Å². The molecule has 0 saturated carbocycles. The van der Waals surface area contributed by atoms with E-state index in [2.05, 4.69) is 238 Å². The SMILES string of the molecule is CCCCc1ccc(N2c3cc4c(oc5ccccc54)c4c3B(c3c2sc2cc5c(cc32)C(C)(C)CCC5(C)C)N2c3ccccc3C(c3ccccc3)(c3ccccc3)c3cccc-4c32)c(-c2ccccc2)c1. The molecule has 358 valence electrons. The highest BCUT2D eigenvalue weighted by Gasteiger charge is 2.55. The van der Waals surface area contributed by atoms with Gasteiger partial charge in [-0.1, -0.05) is 193 Å². The number of hydrogen-bond acceptors (Lipinski definition) is 4. The molecule has 0 radical (unpaired) electrons. The second-order valence-corrected chi connectivity index (χ2v) is 23.8. The second-order valence-electron chi connectivity index (χ2n) is 22.8. The fourth-order valence-electron chi connectivity index (χ4n) is 14.1. The molecule has 3 nitrogen and oxygen atoms in total. The monoisotopic (exact) mass is 972 g/mol. The minimum absolute atomic E-state index is 0.0234. The van der Waals surface area contributed by atoms with E-state index in [1.807, 2.05) is 11.3 Å². The van der Waals surface area contributed by atoms with E-state index in [0.717, 1.165) is 47.6 Å². The van der Waals surface area contributed by atoms with Crippen molar-refractivity contribution >= 4 is 88.9 Å². The van der Waals surface area contributed by atoms with Gasteiger partial charge < -0.3 is 14.1 Å². The molecule has 0 saturated heterocycles. The molecule has 0 unspecified atom stereocenters. The molecule has 11 aromatic rings. The normalized spacial score (nSPS) is 16.2. The first-order valence-corrected chi connectivity index (χ1v) is 27.7. The number of para-hydroxylation sites is 3. The summed E-state index contributed by atoms with van der Waals surface area (Å²) in [6, 6.07) is 74.0. The number of furan rings is 1. The topological polar surface area (TPSA) is 19.6 Å². The highest BCUT2D eigenvalue weighted by molar-refractivity contribution is 7.26. The third kappa shape index (κ3) is 5.96. The van der Waals surface area contributed by atoms with Gasteiger partial charge in [-0.25, -0.2) is 0 Å². The first-order valence-electron chi connectivity index (χ1n) is 26.9. The Bertz CT molecular complexity index is 4050. The Balaban J connectivity index is 1.14. The van der Waals surface area contributed by atoms with Gasteiger partial charge in [0.15, 0.2) is 0 Å². The summed E-state index contributed by atoms with van der Waals surface area (Å²) in [5, 5.41) is 4.92. The Morgan fingerprint density at radius 3 is 1.95 bits per heavy atom. The Morgan fingerprint density at radius 2 is 1.20 bits per heavy atom. The molecule has 0 fully saturated rings. The van der Waals surface area contributed by atoms with Crippen molar-refractivity contribution in [1.29, 1.82) is 0 Å². The maximum Gasteiger partial charge on any atom is 0.334 e. The van der Waals surface area contributed by atoms with E-state index in [4.69, 9.17) is 4.42 Å². The number of fused-ring (bicyclic) bond motifs is 13. The van der Waals surface area contributed by atoms with E-state index in [-0.39, 0.29) is 17.7 Å². The van der Waals surface area contributed by atoms with Gasteiger partial charge in [-0.15, -0.1) is 11.3 Å². The van der Waals surface area contributed by atoms with Gasteiger partial charge in [-0.3, -0.25) is 0 Å². The molecule has 0 amide bonds.